The molecule has 108 valence electrons. The summed E-state index contributed by atoms with van der Waals surface area (Å²) in [5.74, 6) is 2.54. The van der Waals surface area contributed by atoms with Crippen LogP contribution in [0.5, 0.6) is 0 Å². The molecule has 4 unspecified atom stereocenters. The van der Waals surface area contributed by atoms with E-state index in [0.717, 1.165) is 17.4 Å². The number of hydrogen-bond acceptors (Lipinski definition) is 1. The molecule has 4 atom stereocenters. The van der Waals surface area contributed by atoms with E-state index in [1.807, 2.05) is 24.3 Å². The Morgan fingerprint density at radius 3 is 2.80 bits per heavy atom. The zero-order valence-corrected chi connectivity index (χ0v) is 12.7. The van der Waals surface area contributed by atoms with Gasteiger partial charge in [0.15, 0.2) is 0 Å². The first kappa shape index (κ1) is 13.9. The Morgan fingerprint density at radius 1 is 1.35 bits per heavy atom. The summed E-state index contributed by atoms with van der Waals surface area (Å²) < 4.78 is 0. The van der Waals surface area contributed by atoms with Crippen molar-refractivity contribution < 1.29 is 4.79 Å². The molecule has 0 spiro atoms. The summed E-state index contributed by atoms with van der Waals surface area (Å²) in [7, 11) is 0. The molecule has 1 amide bonds. The number of fused-ring (bicyclic) bond motifs is 2. The van der Waals surface area contributed by atoms with Gasteiger partial charge < -0.3 is 5.32 Å². The summed E-state index contributed by atoms with van der Waals surface area (Å²) in [5.41, 5.74) is 0.909. The maximum absolute atomic E-state index is 12.2. The predicted molar refractivity (Wildman–Crippen MR) is 81.7 cm³/mol. The minimum absolute atomic E-state index is 0.0911. The molecule has 1 aromatic carbocycles. The first-order chi connectivity index (χ1) is 9.63. The lowest BCUT2D eigenvalue weighted by Crippen LogP contribution is -2.40. The minimum Gasteiger partial charge on any atom is -0.353 e. The van der Waals surface area contributed by atoms with E-state index in [1.165, 1.54) is 25.7 Å². The second-order valence-electron chi connectivity index (χ2n) is 6.46. The van der Waals surface area contributed by atoms with Crippen molar-refractivity contribution in [3.8, 4) is 0 Å². The van der Waals surface area contributed by atoms with Gasteiger partial charge in [-0.3, -0.25) is 4.79 Å². The largest absolute Gasteiger partial charge is 0.353 e. The molecule has 0 heterocycles. The number of benzene rings is 1. The maximum Gasteiger partial charge on any atom is 0.224 e. The van der Waals surface area contributed by atoms with Gasteiger partial charge in [0.25, 0.3) is 0 Å². The van der Waals surface area contributed by atoms with E-state index in [2.05, 4.69) is 12.2 Å². The lowest BCUT2D eigenvalue weighted by Gasteiger charge is -2.28. The van der Waals surface area contributed by atoms with Gasteiger partial charge in [-0.15, -0.1) is 0 Å². The number of nitrogens with one attached hydrogen (secondary N) is 1. The molecular formula is C17H22ClNO. The van der Waals surface area contributed by atoms with E-state index in [-0.39, 0.29) is 5.91 Å². The van der Waals surface area contributed by atoms with E-state index in [0.29, 0.717) is 23.4 Å². The van der Waals surface area contributed by atoms with E-state index >= 15 is 0 Å². The first-order valence-corrected chi connectivity index (χ1v) is 8.04. The molecule has 1 N–H and O–H groups in total. The third kappa shape index (κ3) is 2.85. The van der Waals surface area contributed by atoms with Crippen molar-refractivity contribution in [1.82, 2.24) is 5.32 Å². The smallest absolute Gasteiger partial charge is 0.224 e. The average molecular weight is 292 g/mol. The van der Waals surface area contributed by atoms with Gasteiger partial charge in [-0.1, -0.05) is 36.2 Å². The Morgan fingerprint density at radius 2 is 2.15 bits per heavy atom. The summed E-state index contributed by atoms with van der Waals surface area (Å²) in [6, 6.07) is 7.86. The molecule has 0 aromatic heterocycles. The molecule has 2 saturated carbocycles. The molecule has 0 saturated heterocycles. The second kappa shape index (κ2) is 5.77. The maximum atomic E-state index is 12.2. The van der Waals surface area contributed by atoms with E-state index in [4.69, 9.17) is 11.6 Å². The summed E-state index contributed by atoms with van der Waals surface area (Å²) in [4.78, 5) is 12.2. The molecular weight excluding hydrogens is 270 g/mol. The topological polar surface area (TPSA) is 29.1 Å². The molecule has 3 heteroatoms. The van der Waals surface area contributed by atoms with Crippen LogP contribution in [0, 0.1) is 17.8 Å². The fraction of sp³-hybridized carbons (Fsp3) is 0.588. The Bertz CT molecular complexity index is 502. The standard InChI is InChI=1S/C17H22ClNO/c1-11(15-9-12-6-7-13(15)8-12)19-17(20)10-14-4-2-3-5-16(14)18/h2-5,11-13,15H,6-10H2,1H3,(H,19,20). The molecule has 1 aromatic rings. The highest BCUT2D eigenvalue weighted by molar-refractivity contribution is 6.31. The number of carbonyl (C=O) groups is 1. The van der Waals surface area contributed by atoms with Crippen LogP contribution in [-0.4, -0.2) is 11.9 Å². The number of hydrogen-bond donors (Lipinski definition) is 1. The summed E-state index contributed by atoms with van der Waals surface area (Å²) >= 11 is 6.10. The van der Waals surface area contributed by atoms with Gasteiger partial charge in [-0.2, -0.15) is 0 Å². The number of amides is 1. The highest BCUT2D eigenvalue weighted by atomic mass is 35.5. The van der Waals surface area contributed by atoms with Gasteiger partial charge in [0.05, 0.1) is 6.42 Å². The summed E-state index contributed by atoms with van der Waals surface area (Å²) in [6.07, 6.45) is 5.83. The van der Waals surface area contributed by atoms with Crippen molar-refractivity contribution in [2.45, 2.75) is 45.1 Å². The van der Waals surface area contributed by atoms with E-state index < -0.39 is 0 Å². The molecule has 0 radical (unpaired) electrons. The molecule has 20 heavy (non-hydrogen) atoms. The number of rotatable bonds is 4. The second-order valence-corrected chi connectivity index (χ2v) is 6.87. The van der Waals surface area contributed by atoms with Gasteiger partial charge in [0.2, 0.25) is 5.91 Å². The summed E-state index contributed by atoms with van der Waals surface area (Å²) in [6.45, 7) is 2.16. The van der Waals surface area contributed by atoms with Crippen molar-refractivity contribution in [3.05, 3.63) is 34.9 Å². The van der Waals surface area contributed by atoms with Crippen LogP contribution >= 0.6 is 11.6 Å². The predicted octanol–water partition coefficient (Wildman–Crippen LogP) is 3.82. The molecule has 2 nitrogen and oxygen atoms in total. The van der Waals surface area contributed by atoms with Gasteiger partial charge in [-0.25, -0.2) is 0 Å². The third-order valence-corrected chi connectivity index (χ3v) is 5.50. The Labute approximate surface area is 125 Å². The Kier molecular flexibility index (Phi) is 4.02. The lowest BCUT2D eigenvalue weighted by molar-refractivity contribution is -0.121. The van der Waals surface area contributed by atoms with Crippen LogP contribution in [0.4, 0.5) is 0 Å². The molecule has 2 fully saturated rings. The Balaban J connectivity index is 1.55. The number of carbonyl (C=O) groups excluding carboxylic acids is 1. The highest BCUT2D eigenvalue weighted by Gasteiger charge is 2.42. The molecule has 2 aliphatic rings. The molecule has 2 aliphatic carbocycles. The summed E-state index contributed by atoms with van der Waals surface area (Å²) in [5, 5.41) is 3.86. The van der Waals surface area contributed by atoms with E-state index in [9.17, 15) is 4.79 Å². The van der Waals surface area contributed by atoms with Gasteiger partial charge in [0, 0.05) is 11.1 Å². The SMILES string of the molecule is CC(NC(=O)Cc1ccccc1Cl)C1CC2CCC1C2. The van der Waals surface area contributed by atoms with E-state index in [1.54, 1.807) is 0 Å². The van der Waals surface area contributed by atoms with Crippen molar-refractivity contribution in [2.75, 3.05) is 0 Å². The normalized spacial score (nSPS) is 29.4. The van der Waals surface area contributed by atoms with Crippen molar-refractivity contribution in [1.29, 1.82) is 0 Å². The van der Waals surface area contributed by atoms with Gasteiger partial charge >= 0.3 is 0 Å². The zero-order valence-electron chi connectivity index (χ0n) is 11.9. The molecule has 3 rings (SSSR count). The average Bonchev–Trinajstić information content (AvgIpc) is 3.03. The van der Waals surface area contributed by atoms with Crippen molar-refractivity contribution >= 4 is 17.5 Å². The van der Waals surface area contributed by atoms with Crippen molar-refractivity contribution in [3.63, 3.8) is 0 Å². The Hall–Kier alpha value is -1.02. The van der Waals surface area contributed by atoms with Crippen LogP contribution in [-0.2, 0) is 11.2 Å². The monoisotopic (exact) mass is 291 g/mol. The lowest BCUT2D eigenvalue weighted by atomic mass is 9.84. The van der Waals surface area contributed by atoms with Gasteiger partial charge in [0.1, 0.15) is 0 Å². The minimum atomic E-state index is 0.0911. The molecule has 0 aliphatic heterocycles. The van der Waals surface area contributed by atoms with Crippen LogP contribution in [0.1, 0.15) is 38.2 Å². The van der Waals surface area contributed by atoms with Crippen LogP contribution in [0.15, 0.2) is 24.3 Å². The fourth-order valence-corrected chi connectivity index (χ4v) is 4.34. The van der Waals surface area contributed by atoms with Crippen LogP contribution < -0.4 is 5.32 Å². The first-order valence-electron chi connectivity index (χ1n) is 7.66. The highest BCUT2D eigenvalue weighted by Crippen LogP contribution is 2.49. The zero-order chi connectivity index (χ0) is 14.1. The quantitative estimate of drug-likeness (QED) is 0.898. The van der Waals surface area contributed by atoms with Crippen LogP contribution in [0.25, 0.3) is 0 Å². The number of halogens is 1. The van der Waals surface area contributed by atoms with Crippen LogP contribution in [0.2, 0.25) is 5.02 Å². The van der Waals surface area contributed by atoms with Crippen molar-refractivity contribution in [2.24, 2.45) is 17.8 Å². The van der Waals surface area contributed by atoms with Crippen LogP contribution in [0.3, 0.4) is 0 Å². The molecule has 2 bridgehead atoms. The fourth-order valence-electron chi connectivity index (χ4n) is 4.13. The van der Waals surface area contributed by atoms with Gasteiger partial charge in [-0.05, 0) is 55.6 Å². The third-order valence-electron chi connectivity index (χ3n) is 5.13.